The van der Waals surface area contributed by atoms with Crippen LogP contribution in [0.5, 0.6) is 0 Å². The molecule has 100 valence electrons. The molecule has 5 heteroatoms. The molecule has 18 heavy (non-hydrogen) atoms. The van der Waals surface area contributed by atoms with Gasteiger partial charge in [0.05, 0.1) is 16.8 Å². The second kappa shape index (κ2) is 4.07. The highest BCUT2D eigenvalue weighted by Gasteiger charge is 2.52. The Kier molecular flexibility index (Phi) is 3.18. The Bertz CT molecular complexity index is 429. The molecule has 0 bridgehead atoms. The second-order valence-electron chi connectivity index (χ2n) is 6.39. The molecule has 0 spiro atoms. The van der Waals surface area contributed by atoms with Crippen LogP contribution in [0.2, 0.25) is 0 Å². The van der Waals surface area contributed by atoms with Crippen LogP contribution < -0.4 is 4.78 Å². The van der Waals surface area contributed by atoms with Crippen molar-refractivity contribution >= 4 is 23.2 Å². The molecule has 1 aromatic heterocycles. The van der Waals surface area contributed by atoms with Crippen LogP contribution in [0, 0.1) is 0 Å². The Morgan fingerprint density at radius 2 is 1.67 bits per heavy atom. The van der Waals surface area contributed by atoms with Crippen molar-refractivity contribution in [3.63, 3.8) is 0 Å². The zero-order chi connectivity index (χ0) is 13.8. The SMILES string of the molecule is CC(C)(O)c1csc(B2OC(C)(C)C(C)(C)O2)c1. The first kappa shape index (κ1) is 14.1. The van der Waals surface area contributed by atoms with Crippen molar-refractivity contribution in [3.05, 3.63) is 17.0 Å². The van der Waals surface area contributed by atoms with Crippen molar-refractivity contribution in [1.29, 1.82) is 0 Å². The first-order chi connectivity index (χ1) is 8.03. The van der Waals surface area contributed by atoms with E-state index in [1.807, 2.05) is 39.1 Å². The maximum absolute atomic E-state index is 9.98. The summed E-state index contributed by atoms with van der Waals surface area (Å²) in [6, 6.07) is 1.97. The monoisotopic (exact) mass is 268 g/mol. The van der Waals surface area contributed by atoms with Gasteiger partial charge in [-0.1, -0.05) is 0 Å². The van der Waals surface area contributed by atoms with E-state index in [1.165, 1.54) is 0 Å². The molecule has 0 aromatic carbocycles. The van der Waals surface area contributed by atoms with E-state index in [4.69, 9.17) is 9.31 Å². The molecule has 2 heterocycles. The van der Waals surface area contributed by atoms with Crippen LogP contribution in [0.1, 0.15) is 47.1 Å². The number of rotatable bonds is 2. The summed E-state index contributed by atoms with van der Waals surface area (Å²) in [5.74, 6) is 0. The predicted octanol–water partition coefficient (Wildman–Crippen LogP) is 2.27. The molecule has 1 aliphatic heterocycles. The van der Waals surface area contributed by atoms with Gasteiger partial charge in [-0.2, -0.15) is 11.3 Å². The van der Waals surface area contributed by atoms with E-state index >= 15 is 0 Å². The molecule has 1 aromatic rings. The largest absolute Gasteiger partial charge is 0.505 e. The lowest BCUT2D eigenvalue weighted by Crippen LogP contribution is -2.41. The zero-order valence-electron chi connectivity index (χ0n) is 11.9. The first-order valence-electron chi connectivity index (χ1n) is 6.20. The van der Waals surface area contributed by atoms with Crippen LogP contribution in [0.4, 0.5) is 0 Å². The van der Waals surface area contributed by atoms with Gasteiger partial charge in [-0.3, -0.25) is 0 Å². The maximum Gasteiger partial charge on any atom is 0.505 e. The van der Waals surface area contributed by atoms with E-state index in [9.17, 15) is 5.11 Å². The van der Waals surface area contributed by atoms with Crippen molar-refractivity contribution in [1.82, 2.24) is 0 Å². The van der Waals surface area contributed by atoms with Gasteiger partial charge in [0.1, 0.15) is 0 Å². The minimum absolute atomic E-state index is 0.323. The summed E-state index contributed by atoms with van der Waals surface area (Å²) in [5, 5.41) is 11.9. The summed E-state index contributed by atoms with van der Waals surface area (Å²) < 4.78 is 13.0. The Balaban J connectivity index is 2.23. The zero-order valence-corrected chi connectivity index (χ0v) is 12.7. The molecule has 0 saturated carbocycles. The second-order valence-corrected chi connectivity index (χ2v) is 7.33. The third kappa shape index (κ3) is 2.37. The van der Waals surface area contributed by atoms with Gasteiger partial charge in [0.2, 0.25) is 0 Å². The molecule has 0 aliphatic carbocycles. The summed E-state index contributed by atoms with van der Waals surface area (Å²) in [7, 11) is -0.337. The first-order valence-corrected chi connectivity index (χ1v) is 7.08. The van der Waals surface area contributed by atoms with E-state index in [0.29, 0.717) is 0 Å². The molecule has 1 fully saturated rings. The number of aliphatic hydroxyl groups is 1. The Morgan fingerprint density at radius 3 is 2.06 bits per heavy atom. The summed E-state index contributed by atoms with van der Waals surface area (Å²) >= 11 is 1.57. The summed E-state index contributed by atoms with van der Waals surface area (Å²) in [5.41, 5.74) is -0.567. The average molecular weight is 268 g/mol. The molecule has 1 saturated heterocycles. The third-order valence-corrected chi connectivity index (χ3v) is 4.77. The van der Waals surface area contributed by atoms with Crippen LogP contribution >= 0.6 is 11.3 Å². The lowest BCUT2D eigenvalue weighted by Gasteiger charge is -2.32. The van der Waals surface area contributed by atoms with Gasteiger partial charge in [-0.15, -0.1) is 0 Å². The van der Waals surface area contributed by atoms with E-state index in [2.05, 4.69) is 0 Å². The van der Waals surface area contributed by atoms with Crippen LogP contribution in [-0.4, -0.2) is 23.4 Å². The third-order valence-electron chi connectivity index (χ3n) is 3.81. The molecular weight excluding hydrogens is 247 g/mol. The minimum Gasteiger partial charge on any atom is -0.399 e. The van der Waals surface area contributed by atoms with Crippen LogP contribution in [0.3, 0.4) is 0 Å². The highest BCUT2D eigenvalue weighted by atomic mass is 32.1. The molecular formula is C13H21BO3S. The average Bonchev–Trinajstić information content (AvgIpc) is 2.69. The molecule has 0 amide bonds. The van der Waals surface area contributed by atoms with E-state index in [0.717, 1.165) is 10.3 Å². The van der Waals surface area contributed by atoms with Gasteiger partial charge in [0, 0.05) is 4.78 Å². The lowest BCUT2D eigenvalue weighted by atomic mass is 9.86. The van der Waals surface area contributed by atoms with Crippen molar-refractivity contribution in [2.75, 3.05) is 0 Å². The van der Waals surface area contributed by atoms with Crippen molar-refractivity contribution in [2.45, 2.75) is 58.3 Å². The molecule has 1 aliphatic rings. The van der Waals surface area contributed by atoms with Gasteiger partial charge in [0.15, 0.2) is 0 Å². The van der Waals surface area contributed by atoms with Gasteiger partial charge < -0.3 is 14.4 Å². The molecule has 1 N–H and O–H groups in total. The molecule has 0 unspecified atom stereocenters. The smallest absolute Gasteiger partial charge is 0.399 e. The summed E-state index contributed by atoms with van der Waals surface area (Å²) in [6.07, 6.45) is 0. The van der Waals surface area contributed by atoms with Crippen LogP contribution in [0.25, 0.3) is 0 Å². The summed E-state index contributed by atoms with van der Waals surface area (Å²) in [6.45, 7) is 11.7. The molecule has 3 nitrogen and oxygen atoms in total. The summed E-state index contributed by atoms with van der Waals surface area (Å²) in [4.78, 5) is 0. The van der Waals surface area contributed by atoms with Gasteiger partial charge in [0.25, 0.3) is 0 Å². The Labute approximate surface area is 113 Å². The van der Waals surface area contributed by atoms with Gasteiger partial charge in [-0.05, 0) is 58.6 Å². The Morgan fingerprint density at radius 1 is 1.17 bits per heavy atom. The topological polar surface area (TPSA) is 38.7 Å². The highest BCUT2D eigenvalue weighted by Crippen LogP contribution is 2.37. The molecule has 0 radical (unpaired) electrons. The lowest BCUT2D eigenvalue weighted by molar-refractivity contribution is 0.00578. The van der Waals surface area contributed by atoms with Crippen molar-refractivity contribution in [3.8, 4) is 0 Å². The van der Waals surface area contributed by atoms with Crippen LogP contribution in [-0.2, 0) is 14.9 Å². The molecule has 0 atom stereocenters. The minimum atomic E-state index is -0.821. The van der Waals surface area contributed by atoms with Gasteiger partial charge >= 0.3 is 7.12 Å². The van der Waals surface area contributed by atoms with E-state index < -0.39 is 5.60 Å². The van der Waals surface area contributed by atoms with Crippen molar-refractivity contribution < 1.29 is 14.4 Å². The van der Waals surface area contributed by atoms with Crippen molar-refractivity contribution in [2.24, 2.45) is 0 Å². The standard InChI is InChI=1S/C13H21BO3S/c1-11(2,15)9-7-10(18-8-9)14-16-12(3,4)13(5,6)17-14/h7-8,15H,1-6H3. The normalized spacial score (nSPS) is 22.5. The number of hydrogen-bond acceptors (Lipinski definition) is 4. The number of hydrogen-bond donors (Lipinski definition) is 1. The maximum atomic E-state index is 9.98. The fraction of sp³-hybridized carbons (Fsp3) is 0.692. The van der Waals surface area contributed by atoms with Crippen LogP contribution in [0.15, 0.2) is 11.4 Å². The molecule has 2 rings (SSSR count). The highest BCUT2D eigenvalue weighted by molar-refractivity contribution is 7.20. The number of thiophene rings is 1. The van der Waals surface area contributed by atoms with E-state index in [1.54, 1.807) is 25.2 Å². The fourth-order valence-corrected chi connectivity index (χ4v) is 2.78. The fourth-order valence-electron chi connectivity index (χ4n) is 1.76. The van der Waals surface area contributed by atoms with E-state index in [-0.39, 0.29) is 18.3 Å². The predicted molar refractivity (Wildman–Crippen MR) is 75.3 cm³/mol. The Hall–Kier alpha value is -0.355. The van der Waals surface area contributed by atoms with Gasteiger partial charge in [-0.25, -0.2) is 0 Å². The quantitative estimate of drug-likeness (QED) is 0.836.